The van der Waals surface area contributed by atoms with Gasteiger partial charge in [0.15, 0.2) is 0 Å². The maximum absolute atomic E-state index is 12.6. The number of hydrogen-bond acceptors (Lipinski definition) is 4. The fourth-order valence-electron chi connectivity index (χ4n) is 7.73. The lowest BCUT2D eigenvalue weighted by Crippen LogP contribution is -2.11. The van der Waals surface area contributed by atoms with Crippen LogP contribution >= 0.6 is 0 Å². The zero-order valence-corrected chi connectivity index (χ0v) is 41.8. The molecule has 4 N–H and O–H groups in total. The van der Waals surface area contributed by atoms with E-state index in [9.17, 15) is 19.2 Å². The van der Waals surface area contributed by atoms with E-state index in [1.165, 1.54) is 77.0 Å². The summed E-state index contributed by atoms with van der Waals surface area (Å²) >= 11 is 0. The molecule has 0 saturated heterocycles. The predicted molar refractivity (Wildman–Crippen MR) is 290 cm³/mol. The molecule has 8 heteroatoms. The summed E-state index contributed by atoms with van der Waals surface area (Å²) in [5, 5.41) is 11.9. The smallest absolute Gasteiger partial charge is 0.224 e. The number of benzene rings is 4. The van der Waals surface area contributed by atoms with Gasteiger partial charge in [-0.3, -0.25) is 19.2 Å². The van der Waals surface area contributed by atoms with Gasteiger partial charge in [0.1, 0.15) is 0 Å². The van der Waals surface area contributed by atoms with Crippen LogP contribution in [0.3, 0.4) is 0 Å². The first-order valence-corrected chi connectivity index (χ1v) is 25.9. The van der Waals surface area contributed by atoms with Gasteiger partial charge in [0.25, 0.3) is 0 Å². The molecule has 4 amide bonds. The van der Waals surface area contributed by atoms with Crippen LogP contribution < -0.4 is 21.3 Å². The highest BCUT2D eigenvalue weighted by Crippen LogP contribution is 2.18. The van der Waals surface area contributed by atoms with Gasteiger partial charge in [0.2, 0.25) is 23.6 Å². The van der Waals surface area contributed by atoms with Gasteiger partial charge in [-0.25, -0.2) is 0 Å². The molecule has 4 aromatic rings. The quantitative estimate of drug-likeness (QED) is 0.0320. The number of carbonyl (C=O) groups excluding carboxylic acids is 4. The molecule has 4 aromatic carbocycles. The van der Waals surface area contributed by atoms with Crippen LogP contribution in [0.25, 0.3) is 0 Å². The molecular weight excluding hydrogens is 865 g/mol. The molecule has 0 spiro atoms. The Morgan fingerprint density at radius 1 is 0.314 bits per heavy atom. The lowest BCUT2D eigenvalue weighted by Gasteiger charge is -2.06. The summed E-state index contributed by atoms with van der Waals surface area (Å²) in [7, 11) is 0. The summed E-state index contributed by atoms with van der Waals surface area (Å²) in [6.45, 7) is 4.13. The van der Waals surface area contributed by atoms with Gasteiger partial charge in [-0.2, -0.15) is 0 Å². The van der Waals surface area contributed by atoms with Crippen molar-refractivity contribution >= 4 is 46.4 Å². The minimum absolute atomic E-state index is 0.0106. The summed E-state index contributed by atoms with van der Waals surface area (Å²) in [6, 6.07) is 30.0. The molecule has 0 aromatic heterocycles. The number of carbonyl (C=O) groups is 4. The molecule has 0 bridgehead atoms. The Morgan fingerprint density at radius 2 is 0.529 bits per heavy atom. The van der Waals surface area contributed by atoms with E-state index in [1.807, 2.05) is 97.1 Å². The third-order valence-electron chi connectivity index (χ3n) is 11.6. The maximum Gasteiger partial charge on any atom is 0.224 e. The molecule has 366 valence electrons. The SMILES string of the molecule is CCCCC(=O)Nc1cccc(C#CC#Cc2cccc(NC(=O)CCCCCCCCCCCCCCCCCCC(=O)Nc3cccc(C#CC#Cc4cccc(NC(=O)CCCC)c4)c3)c2)c1. The van der Waals surface area contributed by atoms with Crippen LogP contribution in [-0.2, 0) is 19.2 Å². The van der Waals surface area contributed by atoms with Gasteiger partial charge < -0.3 is 21.3 Å². The second-order valence-electron chi connectivity index (χ2n) is 17.9. The molecule has 0 radical (unpaired) electrons. The Balaban J connectivity index is 0.940. The van der Waals surface area contributed by atoms with Crippen molar-refractivity contribution in [3.63, 3.8) is 0 Å². The molecule has 0 heterocycles. The average Bonchev–Trinajstić information content (AvgIpc) is 3.35. The molecule has 8 nitrogen and oxygen atoms in total. The van der Waals surface area contributed by atoms with E-state index in [1.54, 1.807) is 0 Å². The van der Waals surface area contributed by atoms with E-state index in [2.05, 4.69) is 82.5 Å². The predicted octanol–water partition coefficient (Wildman–Crippen LogP) is 14.3. The topological polar surface area (TPSA) is 116 Å². The molecule has 4 rings (SSSR count). The highest BCUT2D eigenvalue weighted by molar-refractivity contribution is 5.92. The summed E-state index contributed by atoms with van der Waals surface area (Å²) < 4.78 is 0. The van der Waals surface area contributed by atoms with E-state index >= 15 is 0 Å². The van der Waals surface area contributed by atoms with E-state index in [4.69, 9.17) is 0 Å². The molecule has 0 saturated carbocycles. The Morgan fingerprint density at radius 3 is 0.757 bits per heavy atom. The first-order valence-electron chi connectivity index (χ1n) is 25.9. The molecule has 0 aliphatic carbocycles. The lowest BCUT2D eigenvalue weighted by atomic mass is 10.0. The Hall–Kier alpha value is -7.00. The minimum atomic E-state index is 0.0106. The Kier molecular flexibility index (Phi) is 27.9. The van der Waals surface area contributed by atoms with Crippen LogP contribution in [0, 0.1) is 47.4 Å². The van der Waals surface area contributed by atoms with E-state index < -0.39 is 0 Å². The highest BCUT2D eigenvalue weighted by Gasteiger charge is 2.06. The van der Waals surface area contributed by atoms with Crippen molar-refractivity contribution in [1.82, 2.24) is 0 Å². The molecule has 0 unspecified atom stereocenters. The van der Waals surface area contributed by atoms with Crippen LogP contribution in [0.15, 0.2) is 97.1 Å². The highest BCUT2D eigenvalue weighted by atomic mass is 16.2. The zero-order valence-electron chi connectivity index (χ0n) is 41.8. The number of nitrogens with one attached hydrogen (secondary N) is 4. The van der Waals surface area contributed by atoms with Gasteiger partial charge in [-0.1, -0.05) is 165 Å². The Labute approximate surface area is 419 Å². The van der Waals surface area contributed by atoms with Gasteiger partial charge in [0, 0.05) is 70.7 Å². The van der Waals surface area contributed by atoms with Crippen molar-refractivity contribution in [1.29, 1.82) is 0 Å². The number of amides is 4. The first kappa shape index (κ1) is 55.6. The van der Waals surface area contributed by atoms with Crippen LogP contribution in [0.4, 0.5) is 22.7 Å². The van der Waals surface area contributed by atoms with Gasteiger partial charge in [-0.05, 0) is 122 Å². The second-order valence-corrected chi connectivity index (χ2v) is 17.9. The number of unbranched alkanes of at least 4 members (excludes halogenated alkanes) is 17. The molecular formula is C62H74N4O4. The second kappa shape index (κ2) is 35.2. The van der Waals surface area contributed by atoms with Crippen LogP contribution in [0.1, 0.15) is 190 Å². The van der Waals surface area contributed by atoms with E-state index in [0.29, 0.717) is 25.7 Å². The molecule has 0 atom stereocenters. The van der Waals surface area contributed by atoms with Crippen molar-refractivity contribution in [2.45, 2.75) is 168 Å². The zero-order chi connectivity index (χ0) is 49.7. The Bertz CT molecular complexity index is 2340. The van der Waals surface area contributed by atoms with Crippen LogP contribution in [0.2, 0.25) is 0 Å². The number of rotatable bonds is 29. The van der Waals surface area contributed by atoms with Crippen molar-refractivity contribution in [3.05, 3.63) is 119 Å². The molecule has 0 fully saturated rings. The van der Waals surface area contributed by atoms with Crippen molar-refractivity contribution in [2.24, 2.45) is 0 Å². The fraction of sp³-hybridized carbons (Fsp3) is 0.419. The maximum atomic E-state index is 12.6. The van der Waals surface area contributed by atoms with Gasteiger partial charge in [-0.15, -0.1) is 0 Å². The summed E-state index contributed by atoms with van der Waals surface area (Å²) in [6.07, 6.45) is 24.8. The third kappa shape index (κ3) is 25.9. The van der Waals surface area contributed by atoms with E-state index in [0.717, 1.165) is 96.4 Å². The fourth-order valence-corrected chi connectivity index (χ4v) is 7.73. The van der Waals surface area contributed by atoms with Crippen molar-refractivity contribution in [2.75, 3.05) is 21.3 Å². The van der Waals surface area contributed by atoms with E-state index in [-0.39, 0.29) is 23.6 Å². The molecule has 0 aliphatic heterocycles. The van der Waals surface area contributed by atoms with Crippen LogP contribution in [-0.4, -0.2) is 23.6 Å². The van der Waals surface area contributed by atoms with Crippen molar-refractivity contribution < 1.29 is 19.2 Å². The standard InChI is InChI=1S/C62H74N4O4/c1-3-5-43-59(67)63-55-39-27-35-51(47-55)31-23-25-33-53-37-29-41-57(49-53)65-61(69)45-21-19-17-15-13-11-9-7-8-10-12-14-16-18-20-22-46-62(70)66-58-42-30-38-54(50-58)34-26-24-32-52-36-28-40-56(48-52)64-60(68)44-6-4-2/h27-30,35-42,47-50H,3-22,43-46H2,1-2H3,(H,63,67)(H,64,68)(H,65,69)(H,66,70). The minimum Gasteiger partial charge on any atom is -0.326 e. The van der Waals surface area contributed by atoms with Gasteiger partial charge >= 0.3 is 0 Å². The summed E-state index contributed by atoms with van der Waals surface area (Å²) in [5.41, 5.74) is 6.07. The first-order chi connectivity index (χ1) is 34.3. The van der Waals surface area contributed by atoms with Crippen LogP contribution in [0.5, 0.6) is 0 Å². The third-order valence-corrected chi connectivity index (χ3v) is 11.6. The molecule has 70 heavy (non-hydrogen) atoms. The number of anilines is 4. The molecule has 0 aliphatic rings. The normalized spacial score (nSPS) is 10.1. The summed E-state index contributed by atoms with van der Waals surface area (Å²) in [4.78, 5) is 49.3. The van der Waals surface area contributed by atoms with Crippen molar-refractivity contribution in [3.8, 4) is 47.4 Å². The average molecular weight is 939 g/mol. The summed E-state index contributed by atoms with van der Waals surface area (Å²) in [5.74, 6) is 23.8. The lowest BCUT2D eigenvalue weighted by molar-refractivity contribution is -0.117. The largest absolute Gasteiger partial charge is 0.326 e. The number of hydrogen-bond donors (Lipinski definition) is 4. The van der Waals surface area contributed by atoms with Gasteiger partial charge in [0.05, 0.1) is 0 Å². The monoisotopic (exact) mass is 939 g/mol.